The van der Waals surface area contributed by atoms with Crippen molar-refractivity contribution in [3.63, 3.8) is 0 Å². The third-order valence-corrected chi connectivity index (χ3v) is 3.51. The maximum absolute atomic E-state index is 5.83. The highest BCUT2D eigenvalue weighted by atomic mass is 16.5. The normalized spacial score (nSPS) is 11.7. The summed E-state index contributed by atoms with van der Waals surface area (Å²) in [6, 6.07) is 6.19. The second kappa shape index (κ2) is 13.4. The molecule has 6 nitrogen and oxygen atoms in total. The van der Waals surface area contributed by atoms with E-state index in [0.29, 0.717) is 32.3 Å². The Labute approximate surface area is 158 Å². The number of methoxy groups -OCH3 is 1. The van der Waals surface area contributed by atoms with Gasteiger partial charge in [0.05, 0.1) is 19.8 Å². The molecule has 0 unspecified atom stereocenters. The average molecular weight is 366 g/mol. The van der Waals surface area contributed by atoms with Crippen LogP contribution in [0.1, 0.15) is 31.9 Å². The van der Waals surface area contributed by atoms with E-state index in [4.69, 9.17) is 14.2 Å². The Morgan fingerprint density at radius 1 is 1.15 bits per heavy atom. The van der Waals surface area contributed by atoms with Gasteiger partial charge in [-0.15, -0.1) is 0 Å². The SMILES string of the molecule is CCNC(=NCc1ccc(C)cc1OCCOC)NCCOCC(C)C. The van der Waals surface area contributed by atoms with Gasteiger partial charge in [0, 0.05) is 32.4 Å². The van der Waals surface area contributed by atoms with Crippen LogP contribution in [0, 0.1) is 12.8 Å². The molecule has 0 aliphatic heterocycles. The molecule has 148 valence electrons. The molecule has 0 aromatic heterocycles. The van der Waals surface area contributed by atoms with Crippen LogP contribution < -0.4 is 15.4 Å². The fraction of sp³-hybridized carbons (Fsp3) is 0.650. The number of aryl methyl sites for hydroxylation is 1. The minimum absolute atomic E-state index is 0.530. The smallest absolute Gasteiger partial charge is 0.191 e. The van der Waals surface area contributed by atoms with Crippen LogP contribution in [-0.2, 0) is 16.0 Å². The molecule has 2 N–H and O–H groups in total. The van der Waals surface area contributed by atoms with Crippen molar-refractivity contribution in [2.24, 2.45) is 10.9 Å². The summed E-state index contributed by atoms with van der Waals surface area (Å²) in [5.74, 6) is 2.20. The molecule has 0 amide bonds. The third kappa shape index (κ3) is 9.63. The number of hydrogen-bond acceptors (Lipinski definition) is 4. The zero-order valence-electron chi connectivity index (χ0n) is 16.9. The van der Waals surface area contributed by atoms with Gasteiger partial charge in [0.2, 0.25) is 0 Å². The number of rotatable bonds is 12. The molecule has 1 rings (SSSR count). The van der Waals surface area contributed by atoms with Crippen molar-refractivity contribution in [1.82, 2.24) is 10.6 Å². The maximum atomic E-state index is 5.83. The average Bonchev–Trinajstić information content (AvgIpc) is 2.60. The molecule has 0 saturated carbocycles. The van der Waals surface area contributed by atoms with Gasteiger partial charge in [0.25, 0.3) is 0 Å². The first-order chi connectivity index (χ1) is 12.6. The van der Waals surface area contributed by atoms with Crippen LogP contribution >= 0.6 is 0 Å². The topological polar surface area (TPSA) is 64.1 Å². The van der Waals surface area contributed by atoms with Crippen LogP contribution in [0.4, 0.5) is 0 Å². The number of aliphatic imine (C=N–C) groups is 1. The van der Waals surface area contributed by atoms with Crippen LogP contribution in [0.3, 0.4) is 0 Å². The van der Waals surface area contributed by atoms with Crippen LogP contribution in [0.25, 0.3) is 0 Å². The number of nitrogens with one attached hydrogen (secondary N) is 2. The van der Waals surface area contributed by atoms with Gasteiger partial charge >= 0.3 is 0 Å². The Balaban J connectivity index is 2.61. The number of nitrogens with zero attached hydrogens (tertiary/aromatic N) is 1. The highest BCUT2D eigenvalue weighted by Crippen LogP contribution is 2.21. The van der Waals surface area contributed by atoms with Crippen LogP contribution in [0.15, 0.2) is 23.2 Å². The Morgan fingerprint density at radius 3 is 2.65 bits per heavy atom. The fourth-order valence-electron chi connectivity index (χ4n) is 2.23. The molecule has 1 aromatic rings. The standard InChI is InChI=1S/C20H35N3O3/c1-6-21-20(22-9-10-25-15-16(2)3)23-14-18-8-7-17(4)13-19(18)26-12-11-24-5/h7-8,13,16H,6,9-12,14-15H2,1-5H3,(H2,21,22,23). The summed E-state index contributed by atoms with van der Waals surface area (Å²) in [4.78, 5) is 4.66. The summed E-state index contributed by atoms with van der Waals surface area (Å²) < 4.78 is 16.5. The highest BCUT2D eigenvalue weighted by Gasteiger charge is 2.05. The Kier molecular flexibility index (Phi) is 11.5. The summed E-state index contributed by atoms with van der Waals surface area (Å²) in [7, 11) is 1.67. The molecule has 0 bridgehead atoms. The van der Waals surface area contributed by atoms with E-state index >= 15 is 0 Å². The second-order valence-electron chi connectivity index (χ2n) is 6.54. The highest BCUT2D eigenvalue weighted by molar-refractivity contribution is 5.79. The van der Waals surface area contributed by atoms with E-state index in [1.165, 1.54) is 0 Å². The van der Waals surface area contributed by atoms with Gasteiger partial charge in [0.1, 0.15) is 12.4 Å². The van der Waals surface area contributed by atoms with E-state index in [-0.39, 0.29) is 0 Å². The molecule has 6 heteroatoms. The van der Waals surface area contributed by atoms with Crippen molar-refractivity contribution in [3.8, 4) is 5.75 Å². The summed E-state index contributed by atoms with van der Waals surface area (Å²) >= 11 is 0. The van der Waals surface area contributed by atoms with Crippen molar-refractivity contribution in [3.05, 3.63) is 29.3 Å². The largest absolute Gasteiger partial charge is 0.491 e. The first kappa shape index (κ1) is 22.3. The van der Waals surface area contributed by atoms with Crippen LogP contribution in [-0.4, -0.2) is 52.6 Å². The van der Waals surface area contributed by atoms with Crippen molar-refractivity contribution in [2.45, 2.75) is 34.2 Å². The molecule has 0 aliphatic carbocycles. The summed E-state index contributed by atoms with van der Waals surface area (Å²) in [5, 5.41) is 6.56. The first-order valence-electron chi connectivity index (χ1n) is 9.38. The lowest BCUT2D eigenvalue weighted by Gasteiger charge is -2.14. The Morgan fingerprint density at radius 2 is 1.96 bits per heavy atom. The van der Waals surface area contributed by atoms with E-state index in [1.54, 1.807) is 7.11 Å². The van der Waals surface area contributed by atoms with Gasteiger partial charge in [0.15, 0.2) is 5.96 Å². The summed E-state index contributed by atoms with van der Waals surface area (Å²) in [5.41, 5.74) is 2.22. The molecule has 0 atom stereocenters. The number of benzene rings is 1. The molecule has 0 aliphatic rings. The van der Waals surface area contributed by atoms with Gasteiger partial charge in [-0.2, -0.15) is 0 Å². The van der Waals surface area contributed by atoms with E-state index in [0.717, 1.165) is 42.5 Å². The molecule has 0 radical (unpaired) electrons. The van der Waals surface area contributed by atoms with Crippen molar-refractivity contribution < 1.29 is 14.2 Å². The molecular formula is C20H35N3O3. The van der Waals surface area contributed by atoms with Crippen LogP contribution in [0.2, 0.25) is 0 Å². The van der Waals surface area contributed by atoms with Gasteiger partial charge in [-0.25, -0.2) is 4.99 Å². The minimum Gasteiger partial charge on any atom is -0.491 e. The van der Waals surface area contributed by atoms with Gasteiger partial charge in [-0.05, 0) is 31.4 Å². The molecular weight excluding hydrogens is 330 g/mol. The molecule has 0 heterocycles. The number of ether oxygens (including phenoxy) is 3. The van der Waals surface area contributed by atoms with E-state index in [1.807, 2.05) is 6.07 Å². The van der Waals surface area contributed by atoms with E-state index in [9.17, 15) is 0 Å². The van der Waals surface area contributed by atoms with Gasteiger partial charge < -0.3 is 24.8 Å². The molecule has 1 aromatic carbocycles. The Hall–Kier alpha value is -1.79. The lowest BCUT2D eigenvalue weighted by Crippen LogP contribution is -2.39. The molecule has 0 saturated heterocycles. The minimum atomic E-state index is 0.530. The second-order valence-corrected chi connectivity index (χ2v) is 6.54. The third-order valence-electron chi connectivity index (χ3n) is 3.51. The quantitative estimate of drug-likeness (QED) is 0.339. The zero-order valence-corrected chi connectivity index (χ0v) is 16.9. The van der Waals surface area contributed by atoms with Crippen LogP contribution in [0.5, 0.6) is 5.75 Å². The fourth-order valence-corrected chi connectivity index (χ4v) is 2.23. The zero-order chi connectivity index (χ0) is 19.2. The van der Waals surface area contributed by atoms with Crippen molar-refractivity contribution in [1.29, 1.82) is 0 Å². The van der Waals surface area contributed by atoms with Gasteiger partial charge in [-0.1, -0.05) is 26.0 Å². The van der Waals surface area contributed by atoms with Crippen molar-refractivity contribution >= 4 is 5.96 Å². The Bertz CT molecular complexity index is 533. The lowest BCUT2D eigenvalue weighted by atomic mass is 10.1. The summed E-state index contributed by atoms with van der Waals surface area (Å²) in [6.07, 6.45) is 0. The summed E-state index contributed by atoms with van der Waals surface area (Å²) in [6.45, 7) is 13.0. The first-order valence-corrected chi connectivity index (χ1v) is 9.38. The number of hydrogen-bond donors (Lipinski definition) is 2. The predicted octanol–water partition coefficient (Wildman–Crippen LogP) is 2.75. The van der Waals surface area contributed by atoms with Crippen molar-refractivity contribution in [2.75, 3.05) is 46.6 Å². The molecule has 0 fully saturated rings. The monoisotopic (exact) mass is 365 g/mol. The molecule has 0 spiro atoms. The van der Waals surface area contributed by atoms with Gasteiger partial charge in [-0.3, -0.25) is 0 Å². The lowest BCUT2D eigenvalue weighted by molar-refractivity contribution is 0.114. The maximum Gasteiger partial charge on any atom is 0.191 e. The van der Waals surface area contributed by atoms with E-state index in [2.05, 4.69) is 55.5 Å². The number of guanidine groups is 1. The van der Waals surface area contributed by atoms with E-state index < -0.39 is 0 Å². The predicted molar refractivity (Wildman–Crippen MR) is 107 cm³/mol. The molecule has 26 heavy (non-hydrogen) atoms.